The minimum Gasteiger partial charge on any atom is -0.378 e. The second-order valence-electron chi connectivity index (χ2n) is 8.83. The smallest absolute Gasteiger partial charge is 0.252 e. The maximum Gasteiger partial charge on any atom is 0.252 e. The van der Waals surface area contributed by atoms with Gasteiger partial charge in [0, 0.05) is 49.8 Å². The van der Waals surface area contributed by atoms with E-state index in [4.69, 9.17) is 5.73 Å². The van der Waals surface area contributed by atoms with Crippen molar-refractivity contribution in [3.63, 3.8) is 0 Å². The Hall–Kier alpha value is -4.07. The molecule has 1 saturated heterocycles. The second kappa shape index (κ2) is 10.9. The van der Waals surface area contributed by atoms with Gasteiger partial charge >= 0.3 is 0 Å². The van der Waals surface area contributed by atoms with Crippen molar-refractivity contribution in [1.82, 2.24) is 10.3 Å². The van der Waals surface area contributed by atoms with Crippen LogP contribution in [-0.4, -0.2) is 36.9 Å². The number of nitrogens with two attached hydrogens (primary N) is 1. The van der Waals surface area contributed by atoms with Crippen LogP contribution < -0.4 is 26.6 Å². The number of pyridine rings is 1. The molecule has 0 saturated carbocycles. The van der Waals surface area contributed by atoms with E-state index in [1.165, 1.54) is 6.20 Å². The summed E-state index contributed by atoms with van der Waals surface area (Å²) in [5, 5.41) is 9.45. The monoisotopic (exact) mass is 472 g/mol. The Morgan fingerprint density at radius 1 is 1.11 bits per heavy atom. The van der Waals surface area contributed by atoms with E-state index < -0.39 is 5.91 Å². The third-order valence-electron chi connectivity index (χ3n) is 6.38. The van der Waals surface area contributed by atoms with Crippen LogP contribution >= 0.6 is 0 Å². The Morgan fingerprint density at radius 3 is 2.54 bits per heavy atom. The molecule has 35 heavy (non-hydrogen) atoms. The number of nitrogens with zero attached hydrogens (tertiary/aromatic N) is 2. The molecule has 2 atom stereocenters. The average molecular weight is 473 g/mol. The largest absolute Gasteiger partial charge is 0.378 e. The van der Waals surface area contributed by atoms with E-state index in [1.807, 2.05) is 61.5 Å². The lowest BCUT2D eigenvalue weighted by atomic mass is 9.96. The van der Waals surface area contributed by atoms with Gasteiger partial charge in [-0.3, -0.25) is 9.59 Å². The molecule has 0 aliphatic carbocycles. The number of piperidine rings is 1. The molecule has 2 heterocycles. The Bertz CT molecular complexity index is 1170. The van der Waals surface area contributed by atoms with Gasteiger partial charge in [0.15, 0.2) is 0 Å². The molecule has 1 aliphatic rings. The molecule has 182 valence electrons. The molecule has 1 aromatic heterocycles. The maximum absolute atomic E-state index is 12.1. The van der Waals surface area contributed by atoms with Gasteiger partial charge < -0.3 is 26.6 Å². The minimum absolute atomic E-state index is 0.0173. The second-order valence-corrected chi connectivity index (χ2v) is 8.83. The lowest BCUT2D eigenvalue weighted by molar-refractivity contribution is -0.124. The molecule has 4 rings (SSSR count). The van der Waals surface area contributed by atoms with Gasteiger partial charge in [-0.25, -0.2) is 4.98 Å². The zero-order chi connectivity index (χ0) is 24.8. The summed E-state index contributed by atoms with van der Waals surface area (Å²) in [6.07, 6.45) is 3.40. The van der Waals surface area contributed by atoms with Crippen molar-refractivity contribution < 1.29 is 9.59 Å². The lowest BCUT2D eigenvalue weighted by Crippen LogP contribution is -2.42. The van der Waals surface area contributed by atoms with Crippen molar-refractivity contribution in [2.45, 2.75) is 25.8 Å². The maximum atomic E-state index is 12.1. The van der Waals surface area contributed by atoms with Gasteiger partial charge in [-0.1, -0.05) is 30.3 Å². The predicted molar refractivity (Wildman–Crippen MR) is 140 cm³/mol. The highest BCUT2D eigenvalue weighted by atomic mass is 16.2. The molecule has 8 nitrogen and oxygen atoms in total. The average Bonchev–Trinajstić information content (AvgIpc) is 2.89. The number of hydrogen-bond acceptors (Lipinski definition) is 6. The first kappa shape index (κ1) is 24.1. The van der Waals surface area contributed by atoms with Crippen LogP contribution in [0.3, 0.4) is 0 Å². The summed E-state index contributed by atoms with van der Waals surface area (Å²) in [6.45, 7) is 3.68. The van der Waals surface area contributed by atoms with Crippen LogP contribution in [0.1, 0.15) is 41.7 Å². The van der Waals surface area contributed by atoms with E-state index >= 15 is 0 Å². The van der Waals surface area contributed by atoms with E-state index in [9.17, 15) is 9.59 Å². The topological polar surface area (TPSA) is 112 Å². The van der Waals surface area contributed by atoms with E-state index in [0.29, 0.717) is 17.1 Å². The van der Waals surface area contributed by atoms with E-state index in [-0.39, 0.29) is 17.9 Å². The van der Waals surface area contributed by atoms with Crippen molar-refractivity contribution in [2.24, 2.45) is 11.7 Å². The number of benzene rings is 2. The minimum atomic E-state index is -0.534. The summed E-state index contributed by atoms with van der Waals surface area (Å²) in [5.74, 6) is 0.184. The number of nitrogens with one attached hydrogen (secondary N) is 3. The highest BCUT2D eigenvalue weighted by molar-refractivity contribution is 5.98. The molecule has 0 radical (unpaired) electrons. The number of carbonyl (C=O) groups is 2. The Kier molecular flexibility index (Phi) is 7.50. The summed E-state index contributed by atoms with van der Waals surface area (Å²) in [5.41, 5.74) is 9.60. The number of primary amides is 1. The number of aromatic nitrogens is 1. The zero-order valence-electron chi connectivity index (χ0n) is 20.1. The number of rotatable bonds is 8. The highest BCUT2D eigenvalue weighted by Crippen LogP contribution is 2.28. The molecule has 0 spiro atoms. The highest BCUT2D eigenvalue weighted by Gasteiger charge is 2.25. The van der Waals surface area contributed by atoms with Crippen LogP contribution in [0.4, 0.5) is 22.9 Å². The Balaban J connectivity index is 1.47. The van der Waals surface area contributed by atoms with Crippen LogP contribution in [0.15, 0.2) is 66.9 Å². The van der Waals surface area contributed by atoms with E-state index in [1.54, 1.807) is 13.1 Å². The van der Waals surface area contributed by atoms with Crippen LogP contribution in [0.2, 0.25) is 0 Å². The van der Waals surface area contributed by atoms with Gasteiger partial charge in [-0.15, -0.1) is 0 Å². The quantitative estimate of drug-likeness (QED) is 0.393. The molecule has 1 aliphatic heterocycles. The first-order valence-corrected chi connectivity index (χ1v) is 11.9. The van der Waals surface area contributed by atoms with E-state index in [2.05, 4.69) is 25.8 Å². The third-order valence-corrected chi connectivity index (χ3v) is 6.38. The van der Waals surface area contributed by atoms with Gasteiger partial charge in [-0.05, 0) is 49.6 Å². The van der Waals surface area contributed by atoms with Crippen LogP contribution in [0.25, 0.3) is 0 Å². The van der Waals surface area contributed by atoms with E-state index in [0.717, 1.165) is 42.9 Å². The summed E-state index contributed by atoms with van der Waals surface area (Å²) in [6, 6.07) is 19.8. The van der Waals surface area contributed by atoms with Gasteiger partial charge in [0.2, 0.25) is 5.91 Å². The van der Waals surface area contributed by atoms with Crippen molar-refractivity contribution in [2.75, 3.05) is 35.7 Å². The lowest BCUT2D eigenvalue weighted by Gasteiger charge is -2.33. The van der Waals surface area contributed by atoms with Gasteiger partial charge in [0.05, 0.1) is 17.2 Å². The third kappa shape index (κ3) is 5.90. The SMILES string of the molecule is CNC(=O)C1CCCN(c2ccc(Nc3cc(N[C@H](C)c4ccccc4)c(C(N)=O)cn3)cc2)C1. The van der Waals surface area contributed by atoms with Gasteiger partial charge in [-0.2, -0.15) is 0 Å². The normalized spacial score (nSPS) is 16.3. The fraction of sp³-hybridized carbons (Fsp3) is 0.296. The number of carbonyl (C=O) groups excluding carboxylic acids is 2. The van der Waals surface area contributed by atoms with Crippen LogP contribution in [-0.2, 0) is 4.79 Å². The molecule has 5 N–H and O–H groups in total. The van der Waals surface area contributed by atoms with Crippen molar-refractivity contribution in [3.8, 4) is 0 Å². The summed E-state index contributed by atoms with van der Waals surface area (Å²) < 4.78 is 0. The molecule has 0 bridgehead atoms. The van der Waals surface area contributed by atoms with Crippen molar-refractivity contribution >= 4 is 34.7 Å². The molecule has 3 aromatic rings. The van der Waals surface area contributed by atoms with Crippen LogP contribution in [0.5, 0.6) is 0 Å². The Labute approximate surface area is 205 Å². The fourth-order valence-electron chi connectivity index (χ4n) is 4.43. The molecule has 8 heteroatoms. The first-order valence-electron chi connectivity index (χ1n) is 11.9. The first-order chi connectivity index (χ1) is 16.9. The number of anilines is 4. The van der Waals surface area contributed by atoms with Gasteiger partial charge in [0.1, 0.15) is 5.82 Å². The van der Waals surface area contributed by atoms with Crippen molar-refractivity contribution in [3.05, 3.63) is 78.0 Å². The molecule has 1 unspecified atom stereocenters. The Morgan fingerprint density at radius 2 is 1.86 bits per heavy atom. The van der Waals surface area contributed by atoms with Crippen LogP contribution in [0, 0.1) is 5.92 Å². The zero-order valence-corrected chi connectivity index (χ0v) is 20.1. The molecular weight excluding hydrogens is 440 g/mol. The molecule has 2 aromatic carbocycles. The molecule has 1 fully saturated rings. The fourth-order valence-corrected chi connectivity index (χ4v) is 4.43. The molecular formula is C27H32N6O2. The molecule has 2 amide bonds. The summed E-state index contributed by atoms with van der Waals surface area (Å²) >= 11 is 0. The van der Waals surface area contributed by atoms with Gasteiger partial charge in [0.25, 0.3) is 5.91 Å². The summed E-state index contributed by atoms with van der Waals surface area (Å²) in [7, 11) is 1.69. The van der Waals surface area contributed by atoms with Crippen molar-refractivity contribution in [1.29, 1.82) is 0 Å². The number of hydrogen-bond donors (Lipinski definition) is 4. The number of amides is 2. The predicted octanol–water partition coefficient (Wildman–Crippen LogP) is 4.06. The standard InChI is InChI=1S/C27H32N6O2/c1-18(19-7-4-3-5-8-19)31-24-15-25(30-16-23(24)26(28)34)32-21-10-12-22(13-11-21)33-14-6-9-20(17-33)27(35)29-2/h3-5,7-8,10-13,15-16,18,20H,6,9,14,17H2,1-2H3,(H2,28,34)(H,29,35)(H2,30,31,32)/t18-,20?/m1/s1. The summed E-state index contributed by atoms with van der Waals surface area (Å²) in [4.78, 5) is 30.7.